The molecule has 0 saturated carbocycles. The summed E-state index contributed by atoms with van der Waals surface area (Å²) in [5.41, 5.74) is -0.316. The van der Waals surface area contributed by atoms with Crippen LogP contribution in [0, 0.1) is 0 Å². The van der Waals surface area contributed by atoms with E-state index in [1.807, 2.05) is 11.9 Å². The predicted molar refractivity (Wildman–Crippen MR) is 78.1 cm³/mol. The number of likely N-dealkylation sites (N-methyl/N-ethyl adjacent to an activating group) is 1. The molecule has 0 aromatic carbocycles. The van der Waals surface area contributed by atoms with Gasteiger partial charge in [-0.1, -0.05) is 0 Å². The number of amides is 1. The first-order chi connectivity index (χ1) is 8.94. The van der Waals surface area contributed by atoms with Crippen LogP contribution in [0.3, 0.4) is 0 Å². The number of hydrogen-bond acceptors (Lipinski definition) is 3. The molecule has 0 spiro atoms. The van der Waals surface area contributed by atoms with E-state index in [0.717, 1.165) is 45.3 Å². The maximum Gasteiger partial charge on any atom is 0.242 e. The largest absolute Gasteiger partial charge is 0.341 e. The second-order valence-electron chi connectivity index (χ2n) is 6.64. The van der Waals surface area contributed by atoms with Crippen molar-refractivity contribution in [3.8, 4) is 0 Å². The molecule has 2 aliphatic rings. The van der Waals surface area contributed by atoms with E-state index in [4.69, 9.17) is 0 Å². The molecule has 2 heterocycles. The normalized spacial score (nSPS) is 29.9. The highest BCUT2D eigenvalue weighted by Gasteiger charge is 2.40. The standard InChI is InChI=1S/C15H29N3O/c1-12(2)18-10-6-13(7-11-18)17(4)14(19)15(3)8-5-9-16-15/h12-13,16H,5-11H2,1-4H3. The third-order valence-electron chi connectivity index (χ3n) is 4.94. The highest BCUT2D eigenvalue weighted by molar-refractivity contribution is 5.86. The van der Waals surface area contributed by atoms with Gasteiger partial charge in [-0.2, -0.15) is 0 Å². The van der Waals surface area contributed by atoms with Gasteiger partial charge in [0.2, 0.25) is 5.91 Å². The van der Waals surface area contributed by atoms with Crippen LogP contribution in [0.25, 0.3) is 0 Å². The molecule has 0 radical (unpaired) electrons. The third kappa shape index (κ3) is 3.11. The molecule has 4 nitrogen and oxygen atoms in total. The summed E-state index contributed by atoms with van der Waals surface area (Å²) in [6, 6.07) is 1.04. The van der Waals surface area contributed by atoms with Gasteiger partial charge in [-0.15, -0.1) is 0 Å². The van der Waals surface area contributed by atoms with Crippen molar-refractivity contribution in [2.45, 2.75) is 64.1 Å². The topological polar surface area (TPSA) is 35.6 Å². The van der Waals surface area contributed by atoms with E-state index in [2.05, 4.69) is 31.0 Å². The van der Waals surface area contributed by atoms with Gasteiger partial charge in [-0.05, 0) is 53.0 Å². The fraction of sp³-hybridized carbons (Fsp3) is 0.933. The second kappa shape index (κ2) is 5.80. The molecule has 19 heavy (non-hydrogen) atoms. The Balaban J connectivity index is 1.90. The molecule has 2 rings (SSSR count). The van der Waals surface area contributed by atoms with Crippen molar-refractivity contribution < 1.29 is 4.79 Å². The maximum atomic E-state index is 12.6. The molecule has 0 aromatic rings. The Morgan fingerprint density at radius 2 is 2.00 bits per heavy atom. The maximum absolute atomic E-state index is 12.6. The summed E-state index contributed by atoms with van der Waals surface area (Å²) in [6.07, 6.45) is 4.30. The van der Waals surface area contributed by atoms with Gasteiger partial charge < -0.3 is 15.1 Å². The van der Waals surface area contributed by atoms with E-state index < -0.39 is 0 Å². The highest BCUT2D eigenvalue weighted by Crippen LogP contribution is 2.24. The van der Waals surface area contributed by atoms with Gasteiger partial charge in [0, 0.05) is 32.2 Å². The molecule has 1 N–H and O–H groups in total. The average molecular weight is 267 g/mol. The Kier molecular flexibility index (Phi) is 4.51. The molecule has 0 aliphatic carbocycles. The molecule has 110 valence electrons. The van der Waals surface area contributed by atoms with Gasteiger partial charge in [0.25, 0.3) is 0 Å². The van der Waals surface area contributed by atoms with Crippen molar-refractivity contribution in [2.24, 2.45) is 0 Å². The van der Waals surface area contributed by atoms with Crippen LogP contribution in [0.5, 0.6) is 0 Å². The number of nitrogens with zero attached hydrogens (tertiary/aromatic N) is 2. The minimum absolute atomic E-state index is 0.285. The number of carbonyl (C=O) groups is 1. The molecular weight excluding hydrogens is 238 g/mol. The molecule has 2 fully saturated rings. The summed E-state index contributed by atoms with van der Waals surface area (Å²) in [4.78, 5) is 17.1. The lowest BCUT2D eigenvalue weighted by Crippen LogP contribution is -2.56. The monoisotopic (exact) mass is 267 g/mol. The SMILES string of the molecule is CC(C)N1CCC(N(C)C(=O)C2(C)CCCN2)CC1. The molecular formula is C15H29N3O. The number of rotatable bonds is 3. The van der Waals surface area contributed by atoms with E-state index in [9.17, 15) is 4.79 Å². The minimum atomic E-state index is -0.316. The number of likely N-dealkylation sites (tertiary alicyclic amines) is 1. The summed E-state index contributed by atoms with van der Waals surface area (Å²) < 4.78 is 0. The lowest BCUT2D eigenvalue weighted by Gasteiger charge is -2.40. The number of piperidine rings is 1. The molecule has 2 aliphatic heterocycles. The molecule has 2 saturated heterocycles. The summed E-state index contributed by atoms with van der Waals surface area (Å²) in [5, 5.41) is 3.38. The van der Waals surface area contributed by atoms with Crippen LogP contribution in [-0.2, 0) is 4.79 Å². The first kappa shape index (κ1) is 14.8. The Morgan fingerprint density at radius 1 is 1.37 bits per heavy atom. The Bertz CT molecular complexity index is 315. The zero-order valence-corrected chi connectivity index (χ0v) is 12.9. The average Bonchev–Trinajstić information content (AvgIpc) is 2.85. The van der Waals surface area contributed by atoms with Crippen LogP contribution in [0.2, 0.25) is 0 Å². The van der Waals surface area contributed by atoms with Crippen LogP contribution < -0.4 is 5.32 Å². The molecule has 4 heteroatoms. The van der Waals surface area contributed by atoms with E-state index in [1.165, 1.54) is 0 Å². The number of nitrogens with one attached hydrogen (secondary N) is 1. The Hall–Kier alpha value is -0.610. The predicted octanol–water partition coefficient (Wildman–Crippen LogP) is 1.46. The van der Waals surface area contributed by atoms with Crippen LogP contribution in [0.15, 0.2) is 0 Å². The fourth-order valence-electron chi connectivity index (χ4n) is 3.42. The second-order valence-corrected chi connectivity index (χ2v) is 6.64. The highest BCUT2D eigenvalue weighted by atomic mass is 16.2. The smallest absolute Gasteiger partial charge is 0.242 e. The summed E-state index contributed by atoms with van der Waals surface area (Å²) in [5.74, 6) is 0.285. The summed E-state index contributed by atoms with van der Waals surface area (Å²) in [6.45, 7) is 9.76. The van der Waals surface area contributed by atoms with Gasteiger partial charge in [0.1, 0.15) is 0 Å². The van der Waals surface area contributed by atoms with Crippen LogP contribution >= 0.6 is 0 Å². The lowest BCUT2D eigenvalue weighted by molar-refractivity contribution is -0.139. The number of carbonyl (C=O) groups excluding carboxylic acids is 1. The zero-order chi connectivity index (χ0) is 14.0. The van der Waals surface area contributed by atoms with E-state index in [0.29, 0.717) is 12.1 Å². The van der Waals surface area contributed by atoms with Crippen molar-refractivity contribution >= 4 is 5.91 Å². The van der Waals surface area contributed by atoms with Gasteiger partial charge in [-0.3, -0.25) is 4.79 Å². The Labute approximate surface area is 117 Å². The Morgan fingerprint density at radius 3 is 2.47 bits per heavy atom. The first-order valence-electron chi connectivity index (χ1n) is 7.70. The molecule has 0 aromatic heterocycles. The van der Waals surface area contributed by atoms with Crippen LogP contribution in [0.4, 0.5) is 0 Å². The van der Waals surface area contributed by atoms with Crippen molar-refractivity contribution in [3.05, 3.63) is 0 Å². The molecule has 1 unspecified atom stereocenters. The van der Waals surface area contributed by atoms with Gasteiger partial charge >= 0.3 is 0 Å². The molecule has 1 atom stereocenters. The van der Waals surface area contributed by atoms with Crippen molar-refractivity contribution in [1.82, 2.24) is 15.1 Å². The number of hydrogen-bond donors (Lipinski definition) is 1. The zero-order valence-electron chi connectivity index (χ0n) is 12.9. The summed E-state index contributed by atoms with van der Waals surface area (Å²) >= 11 is 0. The lowest BCUT2D eigenvalue weighted by atomic mass is 9.95. The van der Waals surface area contributed by atoms with Crippen LogP contribution in [0.1, 0.15) is 46.5 Å². The van der Waals surface area contributed by atoms with E-state index in [1.54, 1.807) is 0 Å². The van der Waals surface area contributed by atoms with E-state index >= 15 is 0 Å². The van der Waals surface area contributed by atoms with Gasteiger partial charge in [-0.25, -0.2) is 0 Å². The summed E-state index contributed by atoms with van der Waals surface area (Å²) in [7, 11) is 1.99. The minimum Gasteiger partial charge on any atom is -0.341 e. The van der Waals surface area contributed by atoms with Crippen molar-refractivity contribution in [3.63, 3.8) is 0 Å². The molecule has 1 amide bonds. The van der Waals surface area contributed by atoms with Crippen molar-refractivity contribution in [2.75, 3.05) is 26.7 Å². The molecule has 0 bridgehead atoms. The van der Waals surface area contributed by atoms with Crippen molar-refractivity contribution in [1.29, 1.82) is 0 Å². The quantitative estimate of drug-likeness (QED) is 0.841. The fourth-order valence-corrected chi connectivity index (χ4v) is 3.42. The third-order valence-corrected chi connectivity index (χ3v) is 4.94. The van der Waals surface area contributed by atoms with Gasteiger partial charge in [0.05, 0.1) is 5.54 Å². The van der Waals surface area contributed by atoms with Gasteiger partial charge in [0.15, 0.2) is 0 Å². The van der Waals surface area contributed by atoms with Crippen LogP contribution in [-0.4, -0.2) is 60.0 Å². The van der Waals surface area contributed by atoms with E-state index in [-0.39, 0.29) is 11.4 Å². The first-order valence-corrected chi connectivity index (χ1v) is 7.70.